The Morgan fingerprint density at radius 1 is 1.04 bits per heavy atom. The highest BCUT2D eigenvalue weighted by Gasteiger charge is 2.27. The molecule has 0 radical (unpaired) electrons. The largest absolute Gasteiger partial charge is 0.329 e. The van der Waals surface area contributed by atoms with Crippen LogP contribution >= 0.6 is 22.9 Å². The lowest BCUT2D eigenvalue weighted by molar-refractivity contribution is 0.565. The molecule has 4 aromatic rings. The van der Waals surface area contributed by atoms with Crippen molar-refractivity contribution in [2.24, 2.45) is 7.05 Å². The van der Waals surface area contributed by atoms with E-state index in [2.05, 4.69) is 9.71 Å². The Balaban J connectivity index is 1.84. The number of nitrogens with zero attached hydrogens (tertiary/aromatic N) is 2. The summed E-state index contributed by atoms with van der Waals surface area (Å²) >= 11 is 6.95. The van der Waals surface area contributed by atoms with Gasteiger partial charge in [0, 0.05) is 7.05 Å². The third-order valence-corrected chi connectivity index (χ3v) is 7.45. The van der Waals surface area contributed by atoms with Gasteiger partial charge in [-0.3, -0.25) is 0 Å². The Morgan fingerprint density at radius 2 is 1.74 bits per heavy atom. The fraction of sp³-hybridized carbons (Fsp3) is 0.105. The average molecular weight is 418 g/mol. The zero-order valence-electron chi connectivity index (χ0n) is 14.3. The maximum absolute atomic E-state index is 12.9. The van der Waals surface area contributed by atoms with Crippen LogP contribution in [0.4, 0.5) is 0 Å². The Morgan fingerprint density at radius 3 is 2.41 bits per heavy atom. The van der Waals surface area contributed by atoms with Gasteiger partial charge >= 0.3 is 0 Å². The van der Waals surface area contributed by atoms with E-state index < -0.39 is 16.1 Å². The standard InChI is InChI=1S/C19H16ClN3O2S2/c1-23-15-10-6-5-9-14(15)21-19(23)18(13-7-3-2-4-8-13)22-27(24,25)17-12-11-16(20)26-17/h2-12,18,22H,1H3. The second kappa shape index (κ2) is 7.09. The molecule has 0 spiro atoms. The summed E-state index contributed by atoms with van der Waals surface area (Å²) in [4.78, 5) is 4.69. The van der Waals surface area contributed by atoms with Gasteiger partial charge in [-0.05, 0) is 29.8 Å². The summed E-state index contributed by atoms with van der Waals surface area (Å²) in [6.07, 6.45) is 0. The molecule has 8 heteroatoms. The van der Waals surface area contributed by atoms with E-state index in [0.717, 1.165) is 27.9 Å². The van der Waals surface area contributed by atoms with Crippen LogP contribution in [0.2, 0.25) is 4.34 Å². The van der Waals surface area contributed by atoms with Gasteiger partial charge in [0.2, 0.25) is 0 Å². The molecule has 0 aliphatic carbocycles. The topological polar surface area (TPSA) is 64.0 Å². The monoisotopic (exact) mass is 417 g/mol. The van der Waals surface area contributed by atoms with E-state index in [9.17, 15) is 8.42 Å². The normalized spacial score (nSPS) is 13.1. The third-order valence-electron chi connectivity index (χ3n) is 4.30. The van der Waals surface area contributed by atoms with Crippen molar-refractivity contribution in [2.75, 3.05) is 0 Å². The Labute approximate surface area is 166 Å². The highest BCUT2D eigenvalue weighted by molar-refractivity contribution is 7.91. The minimum Gasteiger partial charge on any atom is -0.329 e. The molecule has 2 aromatic carbocycles. The summed E-state index contributed by atoms with van der Waals surface area (Å²) in [5.41, 5.74) is 2.56. The summed E-state index contributed by atoms with van der Waals surface area (Å²) in [7, 11) is -1.87. The minimum absolute atomic E-state index is 0.173. The first-order valence-electron chi connectivity index (χ1n) is 8.20. The fourth-order valence-electron chi connectivity index (χ4n) is 2.99. The van der Waals surface area contributed by atoms with Gasteiger partial charge < -0.3 is 4.57 Å². The van der Waals surface area contributed by atoms with Crippen molar-refractivity contribution in [1.29, 1.82) is 0 Å². The van der Waals surface area contributed by atoms with E-state index in [-0.39, 0.29) is 4.21 Å². The predicted molar refractivity (Wildman–Crippen MR) is 109 cm³/mol. The van der Waals surface area contributed by atoms with Crippen LogP contribution in [0.5, 0.6) is 0 Å². The minimum atomic E-state index is -3.76. The second-order valence-corrected chi connectivity index (χ2v) is 9.70. The predicted octanol–water partition coefficient (Wildman–Crippen LogP) is 4.36. The maximum atomic E-state index is 12.9. The summed E-state index contributed by atoms with van der Waals surface area (Å²) in [5, 5.41) is 0. The highest BCUT2D eigenvalue weighted by atomic mass is 35.5. The van der Waals surface area contributed by atoms with Crippen LogP contribution in [-0.4, -0.2) is 18.0 Å². The quantitative estimate of drug-likeness (QED) is 0.524. The number of para-hydroxylation sites is 2. The summed E-state index contributed by atoms with van der Waals surface area (Å²) in [6.45, 7) is 0. The zero-order chi connectivity index (χ0) is 19.0. The molecule has 0 amide bonds. The Bertz CT molecular complexity index is 1200. The number of aryl methyl sites for hydroxylation is 1. The lowest BCUT2D eigenvalue weighted by Crippen LogP contribution is -2.30. The van der Waals surface area contributed by atoms with Crippen molar-refractivity contribution in [2.45, 2.75) is 10.3 Å². The van der Waals surface area contributed by atoms with Crippen LogP contribution in [0, 0.1) is 0 Å². The molecule has 1 unspecified atom stereocenters. The Hall–Kier alpha value is -2.19. The molecule has 1 atom stereocenters. The van der Waals surface area contributed by atoms with Crippen LogP contribution in [0.1, 0.15) is 17.4 Å². The lowest BCUT2D eigenvalue weighted by atomic mass is 10.1. The first-order valence-corrected chi connectivity index (χ1v) is 10.9. The first-order chi connectivity index (χ1) is 13.0. The molecule has 0 fully saturated rings. The van der Waals surface area contributed by atoms with Gasteiger partial charge in [0.1, 0.15) is 16.1 Å². The van der Waals surface area contributed by atoms with Crippen molar-refractivity contribution in [3.63, 3.8) is 0 Å². The third kappa shape index (κ3) is 3.51. The van der Waals surface area contributed by atoms with Gasteiger partial charge in [-0.1, -0.05) is 54.1 Å². The van der Waals surface area contributed by atoms with Gasteiger partial charge in [-0.15, -0.1) is 11.3 Å². The molecule has 27 heavy (non-hydrogen) atoms. The number of fused-ring (bicyclic) bond motifs is 1. The van der Waals surface area contributed by atoms with Crippen molar-refractivity contribution in [1.82, 2.24) is 14.3 Å². The molecule has 2 heterocycles. The average Bonchev–Trinajstić information content (AvgIpc) is 3.25. The lowest BCUT2D eigenvalue weighted by Gasteiger charge is -2.18. The molecule has 4 rings (SSSR count). The van der Waals surface area contributed by atoms with E-state index in [1.54, 1.807) is 6.07 Å². The zero-order valence-corrected chi connectivity index (χ0v) is 16.7. The number of imidazole rings is 1. The molecule has 0 saturated carbocycles. The van der Waals surface area contributed by atoms with Crippen LogP contribution in [0.3, 0.4) is 0 Å². The molecule has 5 nitrogen and oxygen atoms in total. The number of aromatic nitrogens is 2. The molecule has 1 N–H and O–H groups in total. The van der Waals surface area contributed by atoms with Gasteiger partial charge in [-0.25, -0.2) is 13.4 Å². The smallest absolute Gasteiger partial charge is 0.251 e. The van der Waals surface area contributed by atoms with E-state index in [0.29, 0.717) is 10.2 Å². The van der Waals surface area contributed by atoms with E-state index >= 15 is 0 Å². The summed E-state index contributed by atoms with van der Waals surface area (Å²) in [5.74, 6) is 0.619. The van der Waals surface area contributed by atoms with Crippen LogP contribution in [0.25, 0.3) is 11.0 Å². The second-order valence-electron chi connectivity index (χ2n) is 6.04. The first kappa shape index (κ1) is 18.2. The van der Waals surface area contributed by atoms with Crippen LogP contribution in [-0.2, 0) is 17.1 Å². The van der Waals surface area contributed by atoms with Gasteiger partial charge in [-0.2, -0.15) is 4.72 Å². The molecule has 0 saturated heterocycles. The molecule has 0 aliphatic rings. The maximum Gasteiger partial charge on any atom is 0.251 e. The fourth-order valence-corrected chi connectivity index (χ4v) is 5.67. The van der Waals surface area contributed by atoms with E-state index in [1.807, 2.05) is 66.2 Å². The number of hydrogen-bond donors (Lipinski definition) is 1. The van der Waals surface area contributed by atoms with Crippen LogP contribution < -0.4 is 4.72 Å². The number of benzene rings is 2. The number of rotatable bonds is 5. The molecule has 138 valence electrons. The van der Waals surface area contributed by atoms with Gasteiger partial charge in [0.05, 0.1) is 15.4 Å². The van der Waals surface area contributed by atoms with Crippen molar-refractivity contribution >= 4 is 44.0 Å². The molecule has 2 aromatic heterocycles. The van der Waals surface area contributed by atoms with Crippen molar-refractivity contribution in [3.8, 4) is 0 Å². The van der Waals surface area contributed by atoms with Crippen molar-refractivity contribution in [3.05, 3.63) is 82.5 Å². The van der Waals surface area contributed by atoms with Crippen LogP contribution in [0.15, 0.2) is 70.9 Å². The van der Waals surface area contributed by atoms with Crippen molar-refractivity contribution < 1.29 is 8.42 Å². The SMILES string of the molecule is Cn1c(C(NS(=O)(=O)c2ccc(Cl)s2)c2ccccc2)nc2ccccc21. The van der Waals surface area contributed by atoms with E-state index in [4.69, 9.17) is 11.6 Å². The summed E-state index contributed by atoms with van der Waals surface area (Å²) in [6, 6.07) is 19.6. The van der Waals surface area contributed by atoms with Gasteiger partial charge in [0.25, 0.3) is 10.0 Å². The number of hydrogen-bond acceptors (Lipinski definition) is 4. The molecule has 0 bridgehead atoms. The van der Waals surface area contributed by atoms with E-state index in [1.165, 1.54) is 6.07 Å². The number of thiophene rings is 1. The highest BCUT2D eigenvalue weighted by Crippen LogP contribution is 2.30. The molecule has 0 aliphatic heterocycles. The van der Waals surface area contributed by atoms with Gasteiger partial charge in [0.15, 0.2) is 0 Å². The number of nitrogens with one attached hydrogen (secondary N) is 1. The Kier molecular flexibility index (Phi) is 4.77. The molecular weight excluding hydrogens is 402 g/mol. The summed E-state index contributed by atoms with van der Waals surface area (Å²) < 4.78 is 31.2. The number of halogens is 1. The number of sulfonamides is 1. The molecular formula is C19H16ClN3O2S2.